The van der Waals surface area contributed by atoms with Gasteiger partial charge in [-0.1, -0.05) is 91.0 Å². The quantitative estimate of drug-likeness (QED) is 0.616. The molecule has 148 valence electrons. The Morgan fingerprint density at radius 2 is 1.24 bits per heavy atom. The number of benzene rings is 3. The first-order valence-electron chi connectivity index (χ1n) is 9.53. The van der Waals surface area contributed by atoms with E-state index < -0.39 is 6.09 Å². The van der Waals surface area contributed by atoms with Gasteiger partial charge < -0.3 is 15.4 Å². The lowest BCUT2D eigenvalue weighted by molar-refractivity contribution is -0.120. The first-order chi connectivity index (χ1) is 14.2. The molecular weight excluding hydrogens is 364 g/mol. The van der Waals surface area contributed by atoms with E-state index in [1.54, 1.807) is 0 Å². The zero-order valence-electron chi connectivity index (χ0n) is 16.1. The van der Waals surface area contributed by atoms with Crippen LogP contribution in [0, 0.1) is 0 Å². The van der Waals surface area contributed by atoms with Crippen molar-refractivity contribution in [3.8, 4) is 0 Å². The van der Waals surface area contributed by atoms with Crippen LogP contribution < -0.4 is 10.6 Å². The van der Waals surface area contributed by atoms with Crippen LogP contribution in [0.2, 0.25) is 0 Å². The first-order valence-corrected chi connectivity index (χ1v) is 9.53. The molecule has 0 aromatic heterocycles. The lowest BCUT2D eigenvalue weighted by Gasteiger charge is -2.19. The molecule has 0 fully saturated rings. The highest BCUT2D eigenvalue weighted by Gasteiger charge is 2.15. The lowest BCUT2D eigenvalue weighted by Crippen LogP contribution is -2.38. The van der Waals surface area contributed by atoms with Gasteiger partial charge in [0.05, 0.1) is 6.54 Å². The number of ether oxygens (including phenoxy) is 1. The van der Waals surface area contributed by atoms with Crippen molar-refractivity contribution >= 4 is 12.0 Å². The Kier molecular flexibility index (Phi) is 7.41. The second kappa shape index (κ2) is 10.7. The van der Waals surface area contributed by atoms with Crippen LogP contribution in [0.25, 0.3) is 0 Å². The fourth-order valence-corrected chi connectivity index (χ4v) is 3.00. The van der Waals surface area contributed by atoms with Gasteiger partial charge in [-0.05, 0) is 16.7 Å². The fourth-order valence-electron chi connectivity index (χ4n) is 3.00. The van der Waals surface area contributed by atoms with Crippen LogP contribution in [-0.4, -0.2) is 25.1 Å². The topological polar surface area (TPSA) is 67.4 Å². The third kappa shape index (κ3) is 6.50. The number of carbonyl (C=O) groups is 2. The van der Waals surface area contributed by atoms with E-state index in [-0.39, 0.29) is 25.0 Å². The molecule has 0 unspecified atom stereocenters. The minimum absolute atomic E-state index is 0.0337. The van der Waals surface area contributed by atoms with Crippen molar-refractivity contribution in [2.75, 3.05) is 13.1 Å². The van der Waals surface area contributed by atoms with E-state index in [2.05, 4.69) is 10.6 Å². The number of alkyl carbamates (subject to hydrolysis) is 1. The van der Waals surface area contributed by atoms with Gasteiger partial charge in [-0.2, -0.15) is 0 Å². The molecule has 0 spiro atoms. The molecule has 0 atom stereocenters. The van der Waals surface area contributed by atoms with Crippen LogP contribution in [0.5, 0.6) is 0 Å². The van der Waals surface area contributed by atoms with Gasteiger partial charge in [0.15, 0.2) is 0 Å². The van der Waals surface area contributed by atoms with Gasteiger partial charge in [-0.15, -0.1) is 0 Å². The molecule has 3 aromatic carbocycles. The van der Waals surface area contributed by atoms with Crippen LogP contribution in [-0.2, 0) is 16.1 Å². The molecule has 0 heterocycles. The maximum absolute atomic E-state index is 12.2. The van der Waals surface area contributed by atoms with E-state index in [4.69, 9.17) is 4.74 Å². The van der Waals surface area contributed by atoms with Gasteiger partial charge in [0.1, 0.15) is 6.61 Å². The summed E-state index contributed by atoms with van der Waals surface area (Å²) in [5.41, 5.74) is 3.13. The SMILES string of the molecule is O=C(CNC(=O)OCc1ccccc1)NCC(c1ccccc1)c1ccccc1. The van der Waals surface area contributed by atoms with E-state index >= 15 is 0 Å². The predicted molar refractivity (Wildman–Crippen MR) is 112 cm³/mol. The summed E-state index contributed by atoms with van der Waals surface area (Å²) in [6, 6.07) is 29.4. The molecule has 5 heteroatoms. The molecule has 0 aliphatic rings. The Morgan fingerprint density at radius 3 is 1.79 bits per heavy atom. The van der Waals surface area contributed by atoms with E-state index in [1.165, 1.54) is 0 Å². The lowest BCUT2D eigenvalue weighted by atomic mass is 9.91. The smallest absolute Gasteiger partial charge is 0.407 e. The molecule has 5 nitrogen and oxygen atoms in total. The molecule has 3 rings (SSSR count). The molecular formula is C24H24N2O3. The van der Waals surface area contributed by atoms with Gasteiger partial charge in [0.25, 0.3) is 0 Å². The fraction of sp³-hybridized carbons (Fsp3) is 0.167. The average Bonchev–Trinajstić information content (AvgIpc) is 2.78. The average molecular weight is 388 g/mol. The van der Waals surface area contributed by atoms with E-state index in [0.717, 1.165) is 16.7 Å². The molecule has 0 radical (unpaired) electrons. The Hall–Kier alpha value is -3.60. The van der Waals surface area contributed by atoms with Crippen LogP contribution in [0.4, 0.5) is 4.79 Å². The predicted octanol–water partition coefficient (Wildman–Crippen LogP) is 3.86. The van der Waals surface area contributed by atoms with Gasteiger partial charge in [-0.3, -0.25) is 4.79 Å². The summed E-state index contributed by atoms with van der Waals surface area (Å²) >= 11 is 0. The largest absolute Gasteiger partial charge is 0.445 e. The third-order valence-electron chi connectivity index (χ3n) is 4.51. The van der Waals surface area contributed by atoms with Crippen molar-refractivity contribution in [2.24, 2.45) is 0 Å². The summed E-state index contributed by atoms with van der Waals surface area (Å²) in [5.74, 6) is -0.232. The van der Waals surface area contributed by atoms with E-state index in [0.29, 0.717) is 6.54 Å². The Bertz CT molecular complexity index is 860. The Morgan fingerprint density at radius 1 is 0.724 bits per heavy atom. The summed E-state index contributed by atoms with van der Waals surface area (Å²) in [7, 11) is 0. The molecule has 29 heavy (non-hydrogen) atoms. The number of hydrogen-bond donors (Lipinski definition) is 2. The summed E-state index contributed by atoms with van der Waals surface area (Å²) in [4.78, 5) is 24.0. The van der Waals surface area contributed by atoms with E-state index in [1.807, 2.05) is 91.0 Å². The number of amides is 2. The maximum Gasteiger partial charge on any atom is 0.407 e. The van der Waals surface area contributed by atoms with Gasteiger partial charge in [-0.25, -0.2) is 4.79 Å². The van der Waals surface area contributed by atoms with Crippen molar-refractivity contribution in [3.63, 3.8) is 0 Å². The van der Waals surface area contributed by atoms with Crippen LogP contribution in [0.15, 0.2) is 91.0 Å². The molecule has 0 aliphatic heterocycles. The number of hydrogen-bond acceptors (Lipinski definition) is 3. The maximum atomic E-state index is 12.2. The van der Waals surface area contributed by atoms with Gasteiger partial charge >= 0.3 is 6.09 Å². The van der Waals surface area contributed by atoms with E-state index in [9.17, 15) is 9.59 Å². The van der Waals surface area contributed by atoms with Crippen molar-refractivity contribution in [1.82, 2.24) is 10.6 Å². The van der Waals surface area contributed by atoms with Crippen LogP contribution in [0.3, 0.4) is 0 Å². The zero-order valence-corrected chi connectivity index (χ0v) is 16.1. The molecule has 0 bridgehead atoms. The molecule has 0 aliphatic carbocycles. The standard InChI is InChI=1S/C24H24N2O3/c27-23(17-26-24(28)29-18-19-10-4-1-5-11-19)25-16-22(20-12-6-2-7-13-20)21-14-8-3-9-15-21/h1-15,22H,16-18H2,(H,25,27)(H,26,28). The molecule has 3 aromatic rings. The minimum Gasteiger partial charge on any atom is -0.445 e. The van der Waals surface area contributed by atoms with Crippen molar-refractivity contribution < 1.29 is 14.3 Å². The normalized spacial score (nSPS) is 10.4. The Balaban J connectivity index is 1.48. The highest BCUT2D eigenvalue weighted by molar-refractivity contribution is 5.82. The summed E-state index contributed by atoms with van der Waals surface area (Å²) < 4.78 is 5.11. The van der Waals surface area contributed by atoms with Crippen molar-refractivity contribution in [3.05, 3.63) is 108 Å². The first kappa shape index (κ1) is 20.1. The number of rotatable bonds is 8. The highest BCUT2D eigenvalue weighted by atomic mass is 16.5. The van der Waals surface area contributed by atoms with Gasteiger partial charge in [0.2, 0.25) is 5.91 Å². The van der Waals surface area contributed by atoms with Crippen molar-refractivity contribution in [1.29, 1.82) is 0 Å². The second-order valence-electron chi connectivity index (χ2n) is 6.59. The number of carbonyl (C=O) groups excluding carboxylic acids is 2. The number of nitrogens with one attached hydrogen (secondary N) is 2. The monoisotopic (exact) mass is 388 g/mol. The molecule has 0 saturated heterocycles. The minimum atomic E-state index is -0.619. The van der Waals surface area contributed by atoms with Gasteiger partial charge in [0, 0.05) is 12.5 Å². The third-order valence-corrected chi connectivity index (χ3v) is 4.51. The summed E-state index contributed by atoms with van der Waals surface area (Å²) in [6.45, 7) is 0.468. The van der Waals surface area contributed by atoms with Crippen LogP contribution in [0.1, 0.15) is 22.6 Å². The zero-order chi connectivity index (χ0) is 20.3. The molecule has 0 saturated carbocycles. The van der Waals surface area contributed by atoms with Crippen molar-refractivity contribution in [2.45, 2.75) is 12.5 Å². The van der Waals surface area contributed by atoms with Crippen LogP contribution >= 0.6 is 0 Å². The second-order valence-corrected chi connectivity index (χ2v) is 6.59. The Labute approximate surface area is 170 Å². The molecule has 2 amide bonds. The molecule has 2 N–H and O–H groups in total. The highest BCUT2D eigenvalue weighted by Crippen LogP contribution is 2.23. The summed E-state index contributed by atoms with van der Waals surface area (Å²) in [5, 5.41) is 5.38. The summed E-state index contributed by atoms with van der Waals surface area (Å²) in [6.07, 6.45) is -0.619.